The molecule has 2 saturated heterocycles. The number of imidazole rings is 1. The van der Waals surface area contributed by atoms with E-state index in [1.165, 1.54) is 48.4 Å². The SMILES string of the molecule is CC1CN(C(=O)[C@H]2CC[C@@H](n3/c(=N/C(=O)c4ccc(F)cc4)[nH]c4cnc(OCCN5CCCCC5)cc43)CC2)C(C(C)(C)C)CN1C(=O)O. The van der Waals surface area contributed by atoms with Crippen LogP contribution in [0, 0.1) is 17.2 Å². The standard InChI is InChI=1S/C37H50FN7O5/c1-24-22-44(31(37(2,3)4)23-43(24)36(48)49)34(47)26-10-14-28(15-11-26)45-30-20-32(50-19-18-42-16-6-5-7-17-42)39-21-29(30)40-35(45)41-33(46)25-8-12-27(38)13-9-25/h8-9,12-13,20-21,24,26,28,31H,5-7,10-11,14-19,22-23H2,1-4H3,(H,48,49)(H,40,41,46)/t24?,26-,28+,31?. The Kier molecular flexibility index (Phi) is 10.6. The van der Waals surface area contributed by atoms with Gasteiger partial charge in [0.15, 0.2) is 0 Å². The summed E-state index contributed by atoms with van der Waals surface area (Å²) < 4.78 is 21.7. The first-order valence-corrected chi connectivity index (χ1v) is 18.0. The van der Waals surface area contributed by atoms with E-state index in [1.807, 2.05) is 22.5 Å². The molecule has 0 bridgehead atoms. The van der Waals surface area contributed by atoms with Crippen LogP contribution in [0.2, 0.25) is 0 Å². The van der Waals surface area contributed by atoms with Crippen molar-refractivity contribution >= 4 is 28.9 Å². The number of hydrogen-bond donors (Lipinski definition) is 2. The van der Waals surface area contributed by atoms with Crippen LogP contribution in [-0.4, -0.2) is 104 Å². The Balaban J connectivity index is 1.24. The highest BCUT2D eigenvalue weighted by atomic mass is 19.1. The van der Waals surface area contributed by atoms with E-state index >= 15 is 0 Å². The third kappa shape index (κ3) is 7.87. The zero-order valence-electron chi connectivity index (χ0n) is 29.6. The average Bonchev–Trinajstić information content (AvgIpc) is 3.44. The van der Waals surface area contributed by atoms with Crippen molar-refractivity contribution in [2.24, 2.45) is 16.3 Å². The predicted molar refractivity (Wildman–Crippen MR) is 186 cm³/mol. The van der Waals surface area contributed by atoms with Crippen molar-refractivity contribution in [3.05, 3.63) is 53.5 Å². The van der Waals surface area contributed by atoms with Crippen LogP contribution in [0.5, 0.6) is 5.88 Å². The number of piperidine rings is 1. The summed E-state index contributed by atoms with van der Waals surface area (Å²) in [6.45, 7) is 12.2. The number of carboxylic acid groups (broad SMARTS) is 1. The molecular weight excluding hydrogens is 641 g/mol. The molecule has 270 valence electrons. The lowest BCUT2D eigenvalue weighted by atomic mass is 9.80. The summed E-state index contributed by atoms with van der Waals surface area (Å²) in [5, 5.41) is 9.79. The number of amides is 3. The number of hydrogen-bond acceptors (Lipinski definition) is 6. The first-order chi connectivity index (χ1) is 23.9. The van der Waals surface area contributed by atoms with Crippen LogP contribution in [0.1, 0.15) is 89.0 Å². The fourth-order valence-corrected chi connectivity index (χ4v) is 7.80. The summed E-state index contributed by atoms with van der Waals surface area (Å²) in [5.41, 5.74) is 1.85. The molecule has 4 heterocycles. The predicted octanol–water partition coefficient (Wildman–Crippen LogP) is 5.47. The van der Waals surface area contributed by atoms with Crippen molar-refractivity contribution in [3.8, 4) is 5.88 Å². The number of nitrogens with one attached hydrogen (secondary N) is 1. The molecule has 6 rings (SSSR count). The molecule has 13 heteroatoms. The van der Waals surface area contributed by atoms with E-state index in [0.29, 0.717) is 55.8 Å². The van der Waals surface area contributed by atoms with E-state index in [2.05, 4.69) is 40.6 Å². The van der Waals surface area contributed by atoms with Crippen LogP contribution in [0.25, 0.3) is 11.0 Å². The maximum absolute atomic E-state index is 14.1. The van der Waals surface area contributed by atoms with E-state index in [4.69, 9.17) is 4.74 Å². The minimum Gasteiger partial charge on any atom is -0.476 e. The van der Waals surface area contributed by atoms with Crippen molar-refractivity contribution in [3.63, 3.8) is 0 Å². The maximum atomic E-state index is 14.1. The molecule has 3 aromatic rings. The molecule has 2 N–H and O–H groups in total. The molecule has 2 aromatic heterocycles. The quantitative estimate of drug-likeness (QED) is 0.336. The number of aromatic nitrogens is 3. The first-order valence-electron chi connectivity index (χ1n) is 18.0. The lowest BCUT2D eigenvalue weighted by Gasteiger charge is -2.50. The minimum absolute atomic E-state index is 0.0580. The van der Waals surface area contributed by atoms with Crippen LogP contribution < -0.4 is 10.4 Å². The fraction of sp³-hybridized carbons (Fsp3) is 0.595. The number of fused-ring (bicyclic) bond motifs is 1. The highest BCUT2D eigenvalue weighted by molar-refractivity contribution is 5.95. The third-order valence-electron chi connectivity index (χ3n) is 10.7. The van der Waals surface area contributed by atoms with Crippen LogP contribution in [0.4, 0.5) is 9.18 Å². The molecule has 50 heavy (non-hydrogen) atoms. The van der Waals surface area contributed by atoms with Crippen molar-refractivity contribution in [1.29, 1.82) is 0 Å². The molecule has 1 aromatic carbocycles. The van der Waals surface area contributed by atoms with Crippen molar-refractivity contribution in [2.45, 2.75) is 90.8 Å². The number of rotatable bonds is 7. The molecule has 12 nitrogen and oxygen atoms in total. The zero-order chi connectivity index (χ0) is 35.6. The summed E-state index contributed by atoms with van der Waals surface area (Å²) in [6.07, 6.45) is 7.08. The summed E-state index contributed by atoms with van der Waals surface area (Å²) in [5.74, 6) is -0.552. The van der Waals surface area contributed by atoms with Gasteiger partial charge in [0.1, 0.15) is 12.4 Å². The molecule has 2 unspecified atom stereocenters. The van der Waals surface area contributed by atoms with Gasteiger partial charge >= 0.3 is 6.09 Å². The highest BCUT2D eigenvalue weighted by Crippen LogP contribution is 2.37. The zero-order valence-corrected chi connectivity index (χ0v) is 29.6. The number of carbonyl (C=O) groups excluding carboxylic acids is 2. The number of H-pyrrole nitrogens is 1. The van der Waals surface area contributed by atoms with Crippen LogP contribution in [-0.2, 0) is 4.79 Å². The lowest BCUT2D eigenvalue weighted by Crippen LogP contribution is -2.64. The van der Waals surface area contributed by atoms with Gasteiger partial charge in [0, 0.05) is 49.3 Å². The van der Waals surface area contributed by atoms with Gasteiger partial charge in [-0.3, -0.25) is 14.5 Å². The molecule has 1 saturated carbocycles. The third-order valence-corrected chi connectivity index (χ3v) is 10.7. The smallest absolute Gasteiger partial charge is 0.407 e. The normalized spacial score (nSPS) is 24.1. The van der Waals surface area contributed by atoms with Gasteiger partial charge in [-0.15, -0.1) is 0 Å². The van der Waals surface area contributed by atoms with Crippen molar-refractivity contribution in [1.82, 2.24) is 29.2 Å². The Hall–Kier alpha value is -4.26. The molecule has 2 atom stereocenters. The van der Waals surface area contributed by atoms with E-state index in [0.717, 1.165) is 25.2 Å². The first kappa shape index (κ1) is 35.6. The monoisotopic (exact) mass is 691 g/mol. The average molecular weight is 692 g/mol. The summed E-state index contributed by atoms with van der Waals surface area (Å²) in [6, 6.07) is 6.63. The van der Waals surface area contributed by atoms with Crippen LogP contribution >= 0.6 is 0 Å². The van der Waals surface area contributed by atoms with Gasteiger partial charge in [-0.2, -0.15) is 4.99 Å². The van der Waals surface area contributed by atoms with Crippen molar-refractivity contribution in [2.75, 3.05) is 39.3 Å². The Bertz CT molecular complexity index is 1750. The summed E-state index contributed by atoms with van der Waals surface area (Å²) >= 11 is 0. The van der Waals surface area contributed by atoms with Gasteiger partial charge < -0.3 is 29.2 Å². The van der Waals surface area contributed by atoms with Gasteiger partial charge in [0.25, 0.3) is 5.91 Å². The molecule has 3 aliphatic rings. The topological polar surface area (TPSA) is 136 Å². The number of aromatic amines is 1. The van der Waals surface area contributed by atoms with Gasteiger partial charge in [-0.25, -0.2) is 14.2 Å². The number of piperazine rings is 1. The number of nitrogens with zero attached hydrogens (tertiary/aromatic N) is 6. The molecule has 0 radical (unpaired) electrons. The maximum Gasteiger partial charge on any atom is 0.407 e. The van der Waals surface area contributed by atoms with E-state index in [-0.39, 0.29) is 47.5 Å². The van der Waals surface area contributed by atoms with Gasteiger partial charge in [-0.1, -0.05) is 27.2 Å². The molecule has 1 aliphatic carbocycles. The Morgan fingerprint density at radius 1 is 1.02 bits per heavy atom. The highest BCUT2D eigenvalue weighted by Gasteiger charge is 2.44. The Labute approximate surface area is 292 Å². The second-order valence-electron chi connectivity index (χ2n) is 15.2. The minimum atomic E-state index is -0.958. The second kappa shape index (κ2) is 14.9. The number of likely N-dealkylation sites (tertiary alicyclic amines) is 1. The van der Waals surface area contributed by atoms with E-state index in [9.17, 15) is 23.9 Å². The van der Waals surface area contributed by atoms with Gasteiger partial charge in [0.05, 0.1) is 23.3 Å². The number of benzene rings is 1. The molecule has 3 amide bonds. The summed E-state index contributed by atoms with van der Waals surface area (Å²) in [4.78, 5) is 57.4. The molecule has 3 fully saturated rings. The van der Waals surface area contributed by atoms with Crippen LogP contribution in [0.3, 0.4) is 0 Å². The number of pyridine rings is 1. The van der Waals surface area contributed by atoms with E-state index in [1.54, 1.807) is 6.20 Å². The molecular formula is C37H50FN7O5. The second-order valence-corrected chi connectivity index (χ2v) is 15.2. The molecule has 2 aliphatic heterocycles. The number of ether oxygens (including phenoxy) is 1. The number of carbonyl (C=O) groups is 3. The van der Waals surface area contributed by atoms with E-state index < -0.39 is 17.8 Å². The largest absolute Gasteiger partial charge is 0.476 e. The summed E-state index contributed by atoms with van der Waals surface area (Å²) in [7, 11) is 0. The van der Waals surface area contributed by atoms with Crippen molar-refractivity contribution < 1.29 is 28.6 Å². The fourth-order valence-electron chi connectivity index (χ4n) is 7.80. The Morgan fingerprint density at radius 2 is 1.72 bits per heavy atom. The van der Waals surface area contributed by atoms with Gasteiger partial charge in [-0.05, 0) is 88.2 Å². The molecule has 0 spiro atoms. The number of halogens is 1. The van der Waals surface area contributed by atoms with Gasteiger partial charge in [0.2, 0.25) is 17.4 Å². The van der Waals surface area contributed by atoms with Crippen LogP contribution in [0.15, 0.2) is 41.5 Å². The Morgan fingerprint density at radius 3 is 2.38 bits per heavy atom. The lowest BCUT2D eigenvalue weighted by molar-refractivity contribution is -0.146.